The number of likely N-dealkylation sites (tertiary alicyclic amines) is 1. The molecule has 86 valence electrons. The van der Waals surface area contributed by atoms with Crippen LogP contribution in [0.2, 0.25) is 0 Å². The van der Waals surface area contributed by atoms with Crippen LogP contribution >= 0.6 is 0 Å². The van der Waals surface area contributed by atoms with Crippen LogP contribution in [0.15, 0.2) is 4.99 Å². The van der Waals surface area contributed by atoms with E-state index in [4.69, 9.17) is 11.5 Å². The van der Waals surface area contributed by atoms with Gasteiger partial charge in [0.15, 0.2) is 0 Å². The molecule has 5 heteroatoms. The number of primary amides is 1. The number of nitrogens with zero attached hydrogens (tertiary/aromatic N) is 2. The molecule has 0 bridgehead atoms. The van der Waals surface area contributed by atoms with Gasteiger partial charge in [-0.1, -0.05) is 0 Å². The molecule has 0 aromatic carbocycles. The molecular weight excluding hydrogens is 192 g/mol. The van der Waals surface area contributed by atoms with Crippen LogP contribution in [-0.2, 0) is 4.79 Å². The Kier molecular flexibility index (Phi) is 3.34. The number of aliphatic imine (C=N–C) groups is 1. The first-order valence-electron chi connectivity index (χ1n) is 5.14. The molecule has 0 aliphatic carbocycles. The van der Waals surface area contributed by atoms with Gasteiger partial charge in [-0.15, -0.1) is 0 Å². The number of carbonyl (C=O) groups is 1. The van der Waals surface area contributed by atoms with E-state index in [0.29, 0.717) is 11.8 Å². The molecule has 1 rings (SSSR count). The fraction of sp³-hybridized carbons (Fsp3) is 0.800. The van der Waals surface area contributed by atoms with E-state index >= 15 is 0 Å². The smallest absolute Gasteiger partial charge is 0.237 e. The minimum absolute atomic E-state index is 0.280. The van der Waals surface area contributed by atoms with E-state index in [1.54, 1.807) is 7.05 Å². The number of amides is 1. The topological polar surface area (TPSA) is 84.7 Å². The molecule has 1 aliphatic rings. The zero-order valence-electron chi connectivity index (χ0n) is 9.66. The SMILES string of the molecule is CN=C(N)CC1CN(C(C)(C)C(N)=O)C1. The highest BCUT2D eigenvalue weighted by Gasteiger charge is 2.40. The maximum Gasteiger partial charge on any atom is 0.237 e. The van der Waals surface area contributed by atoms with Crippen LogP contribution in [0.5, 0.6) is 0 Å². The predicted octanol–water partition coefficient (Wildman–Crippen LogP) is -0.441. The van der Waals surface area contributed by atoms with Crippen LogP contribution in [-0.4, -0.2) is 42.3 Å². The summed E-state index contributed by atoms with van der Waals surface area (Å²) in [4.78, 5) is 17.2. The maximum atomic E-state index is 11.2. The van der Waals surface area contributed by atoms with Gasteiger partial charge in [-0.25, -0.2) is 0 Å². The first-order valence-corrected chi connectivity index (χ1v) is 5.14. The van der Waals surface area contributed by atoms with E-state index in [-0.39, 0.29) is 5.91 Å². The standard InChI is InChI=1S/C10H20N4O/c1-10(2,9(12)15)14-5-7(6-14)4-8(11)13-3/h7H,4-6H2,1-3H3,(H2,11,13)(H2,12,15). The second kappa shape index (κ2) is 4.18. The van der Waals surface area contributed by atoms with Gasteiger partial charge in [0.1, 0.15) is 0 Å². The van der Waals surface area contributed by atoms with E-state index < -0.39 is 5.54 Å². The van der Waals surface area contributed by atoms with E-state index in [2.05, 4.69) is 9.89 Å². The minimum Gasteiger partial charge on any atom is -0.387 e. The molecule has 1 heterocycles. The molecule has 1 amide bonds. The van der Waals surface area contributed by atoms with E-state index in [9.17, 15) is 4.79 Å². The molecule has 0 radical (unpaired) electrons. The summed E-state index contributed by atoms with van der Waals surface area (Å²) in [5, 5.41) is 0. The second-order valence-electron chi connectivity index (χ2n) is 4.61. The van der Waals surface area contributed by atoms with Gasteiger partial charge < -0.3 is 11.5 Å². The lowest BCUT2D eigenvalue weighted by Crippen LogP contribution is -2.62. The van der Waals surface area contributed by atoms with Gasteiger partial charge in [-0.05, 0) is 19.8 Å². The normalized spacial score (nSPS) is 20.1. The van der Waals surface area contributed by atoms with Crippen LogP contribution < -0.4 is 11.5 Å². The Labute approximate surface area is 90.5 Å². The minimum atomic E-state index is -0.547. The van der Waals surface area contributed by atoms with Gasteiger partial charge in [-0.2, -0.15) is 0 Å². The lowest BCUT2D eigenvalue weighted by Gasteiger charge is -2.47. The molecule has 0 saturated carbocycles. The largest absolute Gasteiger partial charge is 0.387 e. The monoisotopic (exact) mass is 212 g/mol. The summed E-state index contributed by atoms with van der Waals surface area (Å²) in [6.07, 6.45) is 0.807. The summed E-state index contributed by atoms with van der Waals surface area (Å²) in [6.45, 7) is 5.43. The summed E-state index contributed by atoms with van der Waals surface area (Å²) >= 11 is 0. The van der Waals surface area contributed by atoms with E-state index in [0.717, 1.165) is 19.5 Å². The van der Waals surface area contributed by atoms with Crippen LogP contribution in [0.4, 0.5) is 0 Å². The summed E-state index contributed by atoms with van der Waals surface area (Å²) < 4.78 is 0. The van der Waals surface area contributed by atoms with Crippen molar-refractivity contribution < 1.29 is 4.79 Å². The van der Waals surface area contributed by atoms with Gasteiger partial charge in [-0.3, -0.25) is 14.7 Å². The molecule has 0 spiro atoms. The predicted molar refractivity (Wildman–Crippen MR) is 60.5 cm³/mol. The van der Waals surface area contributed by atoms with Gasteiger partial charge in [0.25, 0.3) is 0 Å². The zero-order chi connectivity index (χ0) is 11.6. The van der Waals surface area contributed by atoms with Gasteiger partial charge in [0.05, 0.1) is 11.4 Å². The number of carbonyl (C=O) groups excluding carboxylic acids is 1. The summed E-state index contributed by atoms with van der Waals surface area (Å²) in [5.74, 6) is 0.905. The van der Waals surface area contributed by atoms with Crippen LogP contribution in [0.1, 0.15) is 20.3 Å². The number of hydrogen-bond acceptors (Lipinski definition) is 3. The fourth-order valence-corrected chi connectivity index (χ4v) is 1.70. The third-order valence-electron chi connectivity index (χ3n) is 3.14. The highest BCUT2D eigenvalue weighted by molar-refractivity contribution is 5.84. The van der Waals surface area contributed by atoms with Gasteiger partial charge in [0, 0.05) is 26.6 Å². The molecular formula is C10H20N4O. The van der Waals surface area contributed by atoms with Crippen molar-refractivity contribution in [3.63, 3.8) is 0 Å². The third-order valence-corrected chi connectivity index (χ3v) is 3.14. The summed E-state index contributed by atoms with van der Waals surface area (Å²) in [6, 6.07) is 0. The van der Waals surface area contributed by atoms with Crippen molar-refractivity contribution in [1.29, 1.82) is 0 Å². The molecule has 0 atom stereocenters. The summed E-state index contributed by atoms with van der Waals surface area (Å²) in [7, 11) is 1.69. The average molecular weight is 212 g/mol. The molecule has 0 unspecified atom stereocenters. The fourth-order valence-electron chi connectivity index (χ4n) is 1.70. The van der Waals surface area contributed by atoms with E-state index in [1.807, 2.05) is 13.8 Å². The number of amidine groups is 1. The molecule has 0 aromatic rings. The molecule has 15 heavy (non-hydrogen) atoms. The Bertz CT molecular complexity index is 279. The van der Waals surface area contributed by atoms with Crippen LogP contribution in [0.25, 0.3) is 0 Å². The average Bonchev–Trinajstić information content (AvgIpc) is 2.09. The summed E-state index contributed by atoms with van der Waals surface area (Å²) in [5.41, 5.74) is 10.4. The highest BCUT2D eigenvalue weighted by Crippen LogP contribution is 2.27. The first kappa shape index (κ1) is 12.0. The lowest BCUT2D eigenvalue weighted by atomic mass is 9.88. The Morgan fingerprint density at radius 1 is 1.47 bits per heavy atom. The second-order valence-corrected chi connectivity index (χ2v) is 4.61. The van der Waals surface area contributed by atoms with Crippen LogP contribution in [0.3, 0.4) is 0 Å². The molecule has 1 aliphatic heterocycles. The Morgan fingerprint density at radius 3 is 2.40 bits per heavy atom. The Morgan fingerprint density at radius 2 is 2.00 bits per heavy atom. The first-order chi connectivity index (χ1) is 6.87. The lowest BCUT2D eigenvalue weighted by molar-refractivity contribution is -0.132. The van der Waals surface area contributed by atoms with Crippen molar-refractivity contribution >= 4 is 11.7 Å². The molecule has 5 nitrogen and oxygen atoms in total. The molecule has 1 fully saturated rings. The Balaban J connectivity index is 2.41. The van der Waals surface area contributed by atoms with Crippen molar-refractivity contribution in [2.45, 2.75) is 25.8 Å². The van der Waals surface area contributed by atoms with Crippen molar-refractivity contribution in [2.24, 2.45) is 22.4 Å². The molecule has 4 N–H and O–H groups in total. The van der Waals surface area contributed by atoms with Gasteiger partial charge in [0.2, 0.25) is 5.91 Å². The van der Waals surface area contributed by atoms with E-state index in [1.165, 1.54) is 0 Å². The number of nitrogens with two attached hydrogens (primary N) is 2. The molecule has 1 saturated heterocycles. The maximum absolute atomic E-state index is 11.2. The van der Waals surface area contributed by atoms with Crippen molar-refractivity contribution in [2.75, 3.05) is 20.1 Å². The van der Waals surface area contributed by atoms with Crippen molar-refractivity contribution in [1.82, 2.24) is 4.90 Å². The van der Waals surface area contributed by atoms with Crippen molar-refractivity contribution in [3.05, 3.63) is 0 Å². The Hall–Kier alpha value is -1.10. The number of hydrogen-bond donors (Lipinski definition) is 2. The highest BCUT2D eigenvalue weighted by atomic mass is 16.1. The zero-order valence-corrected chi connectivity index (χ0v) is 9.66. The van der Waals surface area contributed by atoms with Crippen LogP contribution in [0, 0.1) is 5.92 Å². The quantitative estimate of drug-likeness (QED) is 0.489. The third kappa shape index (κ3) is 2.47. The number of rotatable bonds is 4. The van der Waals surface area contributed by atoms with Crippen molar-refractivity contribution in [3.8, 4) is 0 Å². The molecule has 0 aromatic heterocycles. The van der Waals surface area contributed by atoms with Gasteiger partial charge >= 0.3 is 0 Å².